The maximum Gasteiger partial charge on any atom is 0.325 e. The molecule has 2 aromatic carbocycles. The van der Waals surface area contributed by atoms with Crippen molar-refractivity contribution >= 4 is 28.2 Å². The molecule has 0 unspecified atom stereocenters. The maximum absolute atomic E-state index is 12.9. The van der Waals surface area contributed by atoms with Crippen LogP contribution in [0.5, 0.6) is 0 Å². The number of nitrogens with one attached hydrogen (secondary N) is 2. The van der Waals surface area contributed by atoms with E-state index < -0.39 is 6.03 Å². The average Bonchev–Trinajstić information content (AvgIpc) is 3.10. The van der Waals surface area contributed by atoms with Gasteiger partial charge in [-0.15, -0.1) is 11.3 Å². The number of amides is 2. The first-order chi connectivity index (χ1) is 13.2. The molecule has 2 heterocycles. The summed E-state index contributed by atoms with van der Waals surface area (Å²) in [6.45, 7) is 2.68. The van der Waals surface area contributed by atoms with Crippen molar-refractivity contribution in [2.24, 2.45) is 0 Å². The van der Waals surface area contributed by atoms with Crippen molar-refractivity contribution in [1.29, 1.82) is 0 Å². The van der Waals surface area contributed by atoms with E-state index in [0.29, 0.717) is 10.8 Å². The molecule has 0 saturated carbocycles. The molecule has 4 rings (SSSR count). The molecule has 1 aromatic heterocycles. The molecular weight excluding hydrogens is 363 g/mol. The lowest BCUT2D eigenvalue weighted by molar-refractivity contribution is 0.243. The zero-order valence-corrected chi connectivity index (χ0v) is 15.4. The molecular formula is C20H19FN4OS. The van der Waals surface area contributed by atoms with Crippen LogP contribution in [0.25, 0.3) is 0 Å². The largest absolute Gasteiger partial charge is 0.325 e. The zero-order valence-electron chi connectivity index (χ0n) is 14.6. The van der Waals surface area contributed by atoms with Crippen molar-refractivity contribution in [1.82, 2.24) is 9.88 Å². The molecule has 138 valence electrons. The van der Waals surface area contributed by atoms with Crippen LogP contribution in [-0.4, -0.2) is 22.5 Å². The first kappa shape index (κ1) is 17.6. The van der Waals surface area contributed by atoms with Gasteiger partial charge >= 0.3 is 6.03 Å². The van der Waals surface area contributed by atoms with E-state index in [0.717, 1.165) is 31.7 Å². The van der Waals surface area contributed by atoms with Gasteiger partial charge in [0, 0.05) is 30.7 Å². The van der Waals surface area contributed by atoms with Crippen LogP contribution in [-0.2, 0) is 19.5 Å². The van der Waals surface area contributed by atoms with Crippen molar-refractivity contribution < 1.29 is 9.18 Å². The highest BCUT2D eigenvalue weighted by molar-refractivity contribution is 7.13. The fourth-order valence-corrected chi connectivity index (χ4v) is 3.84. The fourth-order valence-electron chi connectivity index (χ4n) is 3.15. The molecule has 0 spiro atoms. The Morgan fingerprint density at radius 3 is 2.70 bits per heavy atom. The number of hydrogen-bond donors (Lipinski definition) is 2. The van der Waals surface area contributed by atoms with E-state index in [2.05, 4.69) is 44.8 Å². The van der Waals surface area contributed by atoms with Gasteiger partial charge in [-0.05, 0) is 41.8 Å². The number of thiazole rings is 1. The number of halogens is 1. The third-order valence-electron chi connectivity index (χ3n) is 4.47. The van der Waals surface area contributed by atoms with Gasteiger partial charge in [0.25, 0.3) is 0 Å². The standard InChI is InChI=1S/C20H19FN4OS/c21-16-5-7-17(8-6-16)22-19(26)24-20-23-18(13-27-20)12-25-10-9-14-3-1-2-4-15(14)11-25/h1-8,13H,9-12H2,(H2,22,23,24,26). The number of urea groups is 1. The number of benzene rings is 2. The summed E-state index contributed by atoms with van der Waals surface area (Å²) in [5.74, 6) is -0.342. The number of rotatable bonds is 4. The number of aromatic nitrogens is 1. The summed E-state index contributed by atoms with van der Waals surface area (Å²) in [6, 6.07) is 13.8. The van der Waals surface area contributed by atoms with Crippen molar-refractivity contribution in [3.63, 3.8) is 0 Å². The summed E-state index contributed by atoms with van der Waals surface area (Å²) < 4.78 is 12.9. The molecule has 0 atom stereocenters. The molecule has 7 heteroatoms. The average molecular weight is 382 g/mol. The monoisotopic (exact) mass is 382 g/mol. The Labute approximate surface area is 160 Å². The molecule has 1 aliphatic rings. The van der Waals surface area contributed by atoms with Gasteiger partial charge in [-0.2, -0.15) is 0 Å². The Morgan fingerprint density at radius 2 is 1.89 bits per heavy atom. The minimum Gasteiger partial charge on any atom is -0.308 e. The minimum absolute atomic E-state index is 0.342. The zero-order chi connectivity index (χ0) is 18.6. The van der Waals surface area contributed by atoms with Crippen LogP contribution in [0.4, 0.5) is 20.0 Å². The highest BCUT2D eigenvalue weighted by atomic mass is 32.1. The Morgan fingerprint density at radius 1 is 1.11 bits per heavy atom. The summed E-state index contributed by atoms with van der Waals surface area (Å²) >= 11 is 1.40. The lowest BCUT2D eigenvalue weighted by Gasteiger charge is -2.27. The summed E-state index contributed by atoms with van der Waals surface area (Å²) in [5, 5.41) is 7.89. The molecule has 0 radical (unpaired) electrons. The summed E-state index contributed by atoms with van der Waals surface area (Å²) in [7, 11) is 0. The highest BCUT2D eigenvalue weighted by Crippen LogP contribution is 2.22. The van der Waals surface area contributed by atoms with Gasteiger partial charge in [0.05, 0.1) is 5.69 Å². The predicted octanol–water partition coefficient (Wildman–Crippen LogP) is 4.48. The van der Waals surface area contributed by atoms with Crippen LogP contribution in [0.1, 0.15) is 16.8 Å². The normalized spacial score (nSPS) is 13.8. The molecule has 3 aromatic rings. The molecule has 0 aliphatic carbocycles. The van der Waals surface area contributed by atoms with Gasteiger partial charge in [0.2, 0.25) is 0 Å². The van der Waals surface area contributed by atoms with Crippen LogP contribution >= 0.6 is 11.3 Å². The van der Waals surface area contributed by atoms with Crippen molar-refractivity contribution in [2.45, 2.75) is 19.5 Å². The number of anilines is 2. The fraction of sp³-hybridized carbons (Fsp3) is 0.200. The van der Waals surface area contributed by atoms with E-state index in [4.69, 9.17) is 0 Å². The van der Waals surface area contributed by atoms with Crippen molar-refractivity contribution in [3.05, 3.63) is 76.5 Å². The van der Waals surface area contributed by atoms with Crippen LogP contribution in [0.15, 0.2) is 53.9 Å². The Kier molecular flexibility index (Phi) is 5.13. The molecule has 2 amide bonds. The van der Waals surface area contributed by atoms with E-state index in [1.54, 1.807) is 0 Å². The quantitative estimate of drug-likeness (QED) is 0.699. The predicted molar refractivity (Wildman–Crippen MR) is 105 cm³/mol. The Balaban J connectivity index is 1.32. The minimum atomic E-state index is -0.394. The second kappa shape index (κ2) is 7.85. The number of carbonyl (C=O) groups is 1. The van der Waals surface area contributed by atoms with E-state index in [-0.39, 0.29) is 5.82 Å². The van der Waals surface area contributed by atoms with Crippen LogP contribution in [0.3, 0.4) is 0 Å². The SMILES string of the molecule is O=C(Nc1ccc(F)cc1)Nc1nc(CN2CCc3ccccc3C2)cs1. The molecule has 0 fully saturated rings. The molecule has 0 saturated heterocycles. The van der Waals surface area contributed by atoms with E-state index >= 15 is 0 Å². The van der Waals surface area contributed by atoms with Gasteiger partial charge in [-0.3, -0.25) is 10.2 Å². The van der Waals surface area contributed by atoms with Gasteiger partial charge in [0.15, 0.2) is 5.13 Å². The Bertz CT molecular complexity index is 941. The topological polar surface area (TPSA) is 57.3 Å². The lowest BCUT2D eigenvalue weighted by Crippen LogP contribution is -2.30. The van der Waals surface area contributed by atoms with E-state index in [9.17, 15) is 9.18 Å². The van der Waals surface area contributed by atoms with Gasteiger partial charge in [-0.25, -0.2) is 14.2 Å². The first-order valence-electron chi connectivity index (χ1n) is 8.73. The van der Waals surface area contributed by atoms with Gasteiger partial charge in [-0.1, -0.05) is 24.3 Å². The second-order valence-corrected chi connectivity index (χ2v) is 7.32. The number of carbonyl (C=O) groups excluding carboxylic acids is 1. The highest BCUT2D eigenvalue weighted by Gasteiger charge is 2.17. The van der Waals surface area contributed by atoms with Crippen LogP contribution in [0, 0.1) is 5.82 Å². The summed E-state index contributed by atoms with van der Waals surface area (Å²) in [6.07, 6.45) is 1.05. The maximum atomic E-state index is 12.9. The summed E-state index contributed by atoms with van der Waals surface area (Å²) in [5.41, 5.74) is 4.26. The lowest BCUT2D eigenvalue weighted by atomic mass is 10.00. The first-order valence-corrected chi connectivity index (χ1v) is 9.61. The van der Waals surface area contributed by atoms with E-state index in [1.807, 2.05) is 5.38 Å². The smallest absolute Gasteiger partial charge is 0.308 e. The molecule has 1 aliphatic heterocycles. The van der Waals surface area contributed by atoms with E-state index in [1.165, 1.54) is 46.7 Å². The van der Waals surface area contributed by atoms with Crippen molar-refractivity contribution in [2.75, 3.05) is 17.2 Å². The second-order valence-electron chi connectivity index (χ2n) is 6.46. The van der Waals surface area contributed by atoms with Crippen molar-refractivity contribution in [3.8, 4) is 0 Å². The van der Waals surface area contributed by atoms with Crippen LogP contribution in [0.2, 0.25) is 0 Å². The molecule has 27 heavy (non-hydrogen) atoms. The van der Waals surface area contributed by atoms with Gasteiger partial charge in [0.1, 0.15) is 5.82 Å². The molecule has 2 N–H and O–H groups in total. The Hall–Kier alpha value is -2.77. The molecule has 0 bridgehead atoms. The molecule has 5 nitrogen and oxygen atoms in total. The summed E-state index contributed by atoms with van der Waals surface area (Å²) in [4.78, 5) is 18.9. The van der Waals surface area contributed by atoms with Gasteiger partial charge < -0.3 is 5.32 Å². The number of hydrogen-bond acceptors (Lipinski definition) is 4. The van der Waals surface area contributed by atoms with Crippen LogP contribution < -0.4 is 10.6 Å². The third-order valence-corrected chi connectivity index (χ3v) is 5.28. The third kappa shape index (κ3) is 4.50. The number of fused-ring (bicyclic) bond motifs is 1. The number of nitrogens with zero attached hydrogens (tertiary/aromatic N) is 2.